The van der Waals surface area contributed by atoms with Gasteiger partial charge in [-0.1, -0.05) is 12.7 Å². The van der Waals surface area contributed by atoms with Crippen LogP contribution in [0.25, 0.3) is 0 Å². The first-order valence-electron chi connectivity index (χ1n) is 4.01. The molecule has 0 aliphatic heterocycles. The number of carboxylic acid groups (broad SMARTS) is 1. The largest absolute Gasteiger partial charge is 0.479 e. The van der Waals surface area contributed by atoms with Crippen LogP contribution in [0, 0.1) is 0 Å². The van der Waals surface area contributed by atoms with Gasteiger partial charge in [0.15, 0.2) is 0 Å². The topological polar surface area (TPSA) is 75.6 Å². The van der Waals surface area contributed by atoms with Crippen LogP contribution < -0.4 is 5.32 Å². The molecule has 8 heteroatoms. The van der Waals surface area contributed by atoms with E-state index in [4.69, 9.17) is 5.11 Å². The molecule has 0 aliphatic rings. The van der Waals surface area contributed by atoms with Gasteiger partial charge >= 0.3 is 18.2 Å². The number of hydrogen-bond acceptors (Lipinski definition) is 3. The lowest BCUT2D eigenvalue weighted by Crippen LogP contribution is -2.62. The smallest absolute Gasteiger partial charge is 0.422 e. The van der Waals surface area contributed by atoms with E-state index < -0.39 is 23.8 Å². The number of nitrogens with one attached hydrogen (secondary N) is 1. The van der Waals surface area contributed by atoms with Crippen molar-refractivity contribution in [2.24, 2.45) is 0 Å². The Morgan fingerprint density at radius 1 is 1.50 bits per heavy atom. The minimum absolute atomic E-state index is 0.320. The summed E-state index contributed by atoms with van der Waals surface area (Å²) < 4.78 is 41.3. The molecule has 0 spiro atoms. The zero-order valence-electron chi connectivity index (χ0n) is 8.30. The minimum atomic E-state index is -5.13. The molecule has 0 saturated carbocycles. The van der Waals surface area contributed by atoms with E-state index in [2.05, 4.69) is 11.3 Å². The van der Waals surface area contributed by atoms with Crippen LogP contribution in [0.1, 0.15) is 6.92 Å². The van der Waals surface area contributed by atoms with Gasteiger partial charge in [-0.15, -0.1) is 0 Å². The standard InChI is InChI=1S/C8H10F3NO4/c1-3-4-16-6(15)12-7(2,5(13)14)8(9,10)11/h3H,1,4H2,2H3,(H,12,15)(H,13,14)/t7-/m1/s1. The summed E-state index contributed by atoms with van der Waals surface area (Å²) in [4.78, 5) is 21.3. The number of halogens is 3. The van der Waals surface area contributed by atoms with Crippen molar-refractivity contribution in [1.29, 1.82) is 0 Å². The van der Waals surface area contributed by atoms with Crippen LogP contribution >= 0.6 is 0 Å². The molecule has 16 heavy (non-hydrogen) atoms. The summed E-state index contributed by atoms with van der Waals surface area (Å²) in [6, 6.07) is 0. The number of hydrogen-bond donors (Lipinski definition) is 2. The van der Waals surface area contributed by atoms with E-state index in [0.717, 1.165) is 6.08 Å². The van der Waals surface area contributed by atoms with E-state index in [9.17, 15) is 22.8 Å². The van der Waals surface area contributed by atoms with Gasteiger partial charge in [-0.2, -0.15) is 13.2 Å². The molecule has 0 rings (SSSR count). The Labute approximate surface area is 88.9 Å². The van der Waals surface area contributed by atoms with E-state index in [1.807, 2.05) is 0 Å². The van der Waals surface area contributed by atoms with Gasteiger partial charge < -0.3 is 9.84 Å². The van der Waals surface area contributed by atoms with Crippen molar-refractivity contribution in [1.82, 2.24) is 5.32 Å². The third-order valence-corrected chi connectivity index (χ3v) is 1.68. The maximum absolute atomic E-state index is 12.4. The van der Waals surface area contributed by atoms with Crippen LogP contribution in [0.5, 0.6) is 0 Å². The molecule has 1 atom stereocenters. The Hall–Kier alpha value is -1.73. The molecule has 0 aromatic carbocycles. The number of rotatable bonds is 4. The number of carbonyl (C=O) groups excluding carboxylic acids is 1. The summed E-state index contributed by atoms with van der Waals surface area (Å²) in [5, 5.41) is 9.67. The van der Waals surface area contributed by atoms with Crippen molar-refractivity contribution in [3.63, 3.8) is 0 Å². The van der Waals surface area contributed by atoms with Crippen LogP contribution in [-0.2, 0) is 9.53 Å². The van der Waals surface area contributed by atoms with Crippen molar-refractivity contribution in [3.8, 4) is 0 Å². The lowest BCUT2D eigenvalue weighted by Gasteiger charge is -2.27. The highest BCUT2D eigenvalue weighted by atomic mass is 19.4. The van der Waals surface area contributed by atoms with Gasteiger partial charge in [0, 0.05) is 0 Å². The first kappa shape index (κ1) is 14.3. The number of carbonyl (C=O) groups is 2. The molecular formula is C8H10F3NO4. The highest BCUT2D eigenvalue weighted by molar-refractivity contribution is 5.84. The van der Waals surface area contributed by atoms with Gasteiger partial charge in [-0.25, -0.2) is 9.59 Å². The fourth-order valence-electron chi connectivity index (χ4n) is 0.620. The van der Waals surface area contributed by atoms with Crippen molar-refractivity contribution in [2.45, 2.75) is 18.6 Å². The van der Waals surface area contributed by atoms with Gasteiger partial charge in [-0.3, -0.25) is 5.32 Å². The summed E-state index contributed by atoms with van der Waals surface area (Å²) in [5.41, 5.74) is -3.38. The van der Waals surface area contributed by atoms with E-state index >= 15 is 0 Å². The molecule has 0 radical (unpaired) electrons. The number of carboxylic acids is 1. The number of amides is 1. The van der Waals surface area contributed by atoms with Crippen molar-refractivity contribution >= 4 is 12.1 Å². The third-order valence-electron chi connectivity index (χ3n) is 1.68. The Morgan fingerprint density at radius 2 is 2.00 bits per heavy atom. The molecule has 2 N–H and O–H groups in total. The fraction of sp³-hybridized carbons (Fsp3) is 0.500. The second kappa shape index (κ2) is 4.86. The second-order valence-electron chi connectivity index (χ2n) is 2.94. The lowest BCUT2D eigenvalue weighted by molar-refractivity contribution is -0.204. The molecule has 0 heterocycles. The Balaban J connectivity index is 4.77. The quantitative estimate of drug-likeness (QED) is 0.727. The van der Waals surface area contributed by atoms with E-state index in [0.29, 0.717) is 6.92 Å². The first-order chi connectivity index (χ1) is 7.15. The average Bonchev–Trinajstić information content (AvgIpc) is 2.12. The minimum Gasteiger partial charge on any atom is -0.479 e. The molecule has 0 unspecified atom stereocenters. The first-order valence-corrected chi connectivity index (χ1v) is 4.01. The molecule has 0 aromatic heterocycles. The highest BCUT2D eigenvalue weighted by Gasteiger charge is 2.58. The predicted molar refractivity (Wildman–Crippen MR) is 46.8 cm³/mol. The monoisotopic (exact) mass is 241 g/mol. The van der Waals surface area contributed by atoms with Gasteiger partial charge in [-0.05, 0) is 6.92 Å². The molecule has 0 aromatic rings. The highest BCUT2D eigenvalue weighted by Crippen LogP contribution is 2.30. The van der Waals surface area contributed by atoms with Crippen molar-refractivity contribution in [3.05, 3.63) is 12.7 Å². The van der Waals surface area contributed by atoms with Gasteiger partial charge in [0.05, 0.1) is 0 Å². The predicted octanol–water partition coefficient (Wildman–Crippen LogP) is 1.30. The maximum atomic E-state index is 12.4. The van der Waals surface area contributed by atoms with Crippen LogP contribution in [0.2, 0.25) is 0 Å². The summed E-state index contributed by atoms with van der Waals surface area (Å²) in [5.74, 6) is -2.23. The lowest BCUT2D eigenvalue weighted by atomic mass is 10.0. The zero-order chi connectivity index (χ0) is 13.0. The Morgan fingerprint density at radius 3 is 2.31 bits per heavy atom. The van der Waals surface area contributed by atoms with E-state index in [1.54, 1.807) is 0 Å². The molecule has 0 bridgehead atoms. The average molecular weight is 241 g/mol. The van der Waals surface area contributed by atoms with Crippen LogP contribution in [0.15, 0.2) is 12.7 Å². The molecule has 0 fully saturated rings. The number of ether oxygens (including phenoxy) is 1. The van der Waals surface area contributed by atoms with Crippen LogP contribution in [0.4, 0.5) is 18.0 Å². The van der Waals surface area contributed by atoms with Crippen molar-refractivity contribution in [2.75, 3.05) is 6.61 Å². The molecule has 0 aliphatic carbocycles. The summed E-state index contributed by atoms with van der Waals surface area (Å²) >= 11 is 0. The molecule has 92 valence electrons. The van der Waals surface area contributed by atoms with E-state index in [1.165, 1.54) is 5.32 Å². The van der Waals surface area contributed by atoms with Gasteiger partial charge in [0.2, 0.25) is 5.54 Å². The van der Waals surface area contributed by atoms with Crippen molar-refractivity contribution < 1.29 is 32.6 Å². The fourth-order valence-corrected chi connectivity index (χ4v) is 0.620. The van der Waals surface area contributed by atoms with Crippen LogP contribution in [0.3, 0.4) is 0 Å². The van der Waals surface area contributed by atoms with Crippen LogP contribution in [-0.4, -0.2) is 35.5 Å². The van der Waals surface area contributed by atoms with Gasteiger partial charge in [0.1, 0.15) is 6.61 Å². The zero-order valence-corrected chi connectivity index (χ0v) is 8.30. The third kappa shape index (κ3) is 3.14. The van der Waals surface area contributed by atoms with Gasteiger partial charge in [0.25, 0.3) is 0 Å². The Bertz CT molecular complexity index is 302. The van der Waals surface area contributed by atoms with E-state index in [-0.39, 0.29) is 6.61 Å². The Kier molecular flexibility index (Phi) is 4.34. The second-order valence-corrected chi connectivity index (χ2v) is 2.94. The summed E-state index contributed by atoms with van der Waals surface area (Å²) in [7, 11) is 0. The normalized spacial score (nSPS) is 14.8. The summed E-state index contributed by atoms with van der Waals surface area (Å²) in [6.07, 6.45) is -5.49. The number of alkyl carbamates (subject to hydrolysis) is 1. The maximum Gasteiger partial charge on any atom is 0.422 e. The molecule has 1 amide bonds. The number of aliphatic carboxylic acids is 1. The number of alkyl halides is 3. The molecule has 0 saturated heterocycles. The molecule has 5 nitrogen and oxygen atoms in total. The molecular weight excluding hydrogens is 231 g/mol. The SMILES string of the molecule is C=CCOC(=O)N[C@](C)(C(=O)O)C(F)(F)F. The summed E-state index contributed by atoms with van der Waals surface area (Å²) in [6.45, 7) is 3.17.